The zero-order valence-electron chi connectivity index (χ0n) is 9.91. The van der Waals surface area contributed by atoms with Gasteiger partial charge in [0.15, 0.2) is 0 Å². The van der Waals surface area contributed by atoms with Crippen LogP contribution in [0, 0.1) is 0 Å². The minimum absolute atomic E-state index is 0.00656. The van der Waals surface area contributed by atoms with Crippen molar-refractivity contribution in [1.82, 2.24) is 4.98 Å². The Morgan fingerprint density at radius 3 is 3.00 bits per heavy atom. The van der Waals surface area contributed by atoms with Gasteiger partial charge in [-0.1, -0.05) is 0 Å². The zero-order valence-corrected chi connectivity index (χ0v) is 9.91. The number of morpholine rings is 1. The lowest BCUT2D eigenvalue weighted by Gasteiger charge is -2.38. The molecule has 1 aliphatic heterocycles. The van der Waals surface area contributed by atoms with Crippen molar-refractivity contribution in [1.29, 1.82) is 0 Å². The number of pyridine rings is 1. The van der Waals surface area contributed by atoms with E-state index in [0.717, 1.165) is 17.8 Å². The average Bonchev–Trinajstić information content (AvgIpc) is 2.37. The van der Waals surface area contributed by atoms with E-state index < -0.39 is 0 Å². The molecule has 5 heteroatoms. The summed E-state index contributed by atoms with van der Waals surface area (Å²) in [5.74, 6) is 0. The molecule has 0 aliphatic carbocycles. The fourth-order valence-corrected chi connectivity index (χ4v) is 2.18. The molecule has 2 rings (SSSR count). The van der Waals surface area contributed by atoms with Crippen LogP contribution in [0.4, 0.5) is 5.69 Å². The van der Waals surface area contributed by atoms with Gasteiger partial charge in [0, 0.05) is 24.8 Å². The van der Waals surface area contributed by atoms with Gasteiger partial charge in [-0.15, -0.1) is 0 Å². The van der Waals surface area contributed by atoms with Gasteiger partial charge in [-0.25, -0.2) is 0 Å². The SMILES string of the molecule is CC1CN(c2cnccc2CO)CC(CO)O1. The van der Waals surface area contributed by atoms with Crippen molar-refractivity contribution in [2.75, 3.05) is 24.6 Å². The zero-order chi connectivity index (χ0) is 12.3. The highest BCUT2D eigenvalue weighted by molar-refractivity contribution is 5.52. The van der Waals surface area contributed by atoms with Gasteiger partial charge >= 0.3 is 0 Å². The molecular weight excluding hydrogens is 220 g/mol. The normalized spacial score (nSPS) is 25.0. The van der Waals surface area contributed by atoms with Crippen LogP contribution in [0.5, 0.6) is 0 Å². The van der Waals surface area contributed by atoms with Gasteiger partial charge in [0.2, 0.25) is 0 Å². The fourth-order valence-electron chi connectivity index (χ4n) is 2.18. The van der Waals surface area contributed by atoms with Crippen molar-refractivity contribution in [3.05, 3.63) is 24.0 Å². The van der Waals surface area contributed by atoms with Crippen molar-refractivity contribution >= 4 is 5.69 Å². The number of ether oxygens (including phenoxy) is 1. The van der Waals surface area contributed by atoms with E-state index in [1.54, 1.807) is 12.4 Å². The van der Waals surface area contributed by atoms with E-state index in [-0.39, 0.29) is 25.4 Å². The predicted molar refractivity (Wildman–Crippen MR) is 63.8 cm³/mol. The molecule has 2 unspecified atom stereocenters. The van der Waals surface area contributed by atoms with E-state index in [9.17, 15) is 10.2 Å². The van der Waals surface area contributed by atoms with E-state index in [2.05, 4.69) is 9.88 Å². The summed E-state index contributed by atoms with van der Waals surface area (Å²) in [4.78, 5) is 6.19. The lowest BCUT2D eigenvalue weighted by atomic mass is 10.1. The Morgan fingerprint density at radius 1 is 1.47 bits per heavy atom. The first kappa shape index (κ1) is 12.3. The summed E-state index contributed by atoms with van der Waals surface area (Å²) < 4.78 is 5.59. The molecule has 0 amide bonds. The van der Waals surface area contributed by atoms with Crippen LogP contribution in [0.15, 0.2) is 18.5 Å². The van der Waals surface area contributed by atoms with Crippen molar-refractivity contribution < 1.29 is 14.9 Å². The van der Waals surface area contributed by atoms with Crippen LogP contribution in [0.3, 0.4) is 0 Å². The Morgan fingerprint density at radius 2 is 2.29 bits per heavy atom. The maximum atomic E-state index is 9.30. The highest BCUT2D eigenvalue weighted by Gasteiger charge is 2.26. The molecule has 2 heterocycles. The molecule has 2 atom stereocenters. The largest absolute Gasteiger partial charge is 0.394 e. The van der Waals surface area contributed by atoms with Crippen LogP contribution in [0.1, 0.15) is 12.5 Å². The molecule has 2 N–H and O–H groups in total. The molecule has 1 aromatic heterocycles. The number of aliphatic hydroxyl groups is 2. The first-order chi connectivity index (χ1) is 8.24. The van der Waals surface area contributed by atoms with Crippen molar-refractivity contribution in [3.63, 3.8) is 0 Å². The monoisotopic (exact) mass is 238 g/mol. The van der Waals surface area contributed by atoms with Crippen LogP contribution in [0.2, 0.25) is 0 Å². The minimum atomic E-state index is -0.175. The maximum Gasteiger partial charge on any atom is 0.0984 e. The van der Waals surface area contributed by atoms with Gasteiger partial charge in [0.1, 0.15) is 0 Å². The molecule has 0 saturated carbocycles. The highest BCUT2D eigenvalue weighted by Crippen LogP contribution is 2.23. The molecule has 0 bridgehead atoms. The molecule has 0 spiro atoms. The molecule has 0 radical (unpaired) electrons. The van der Waals surface area contributed by atoms with Gasteiger partial charge < -0.3 is 19.8 Å². The van der Waals surface area contributed by atoms with Crippen LogP contribution in [-0.2, 0) is 11.3 Å². The molecular formula is C12H18N2O3. The van der Waals surface area contributed by atoms with E-state index >= 15 is 0 Å². The highest BCUT2D eigenvalue weighted by atomic mass is 16.5. The standard InChI is InChI=1S/C12H18N2O3/c1-9-5-14(6-11(8-16)17-9)12-4-13-3-2-10(12)7-15/h2-4,9,11,15-16H,5-8H2,1H3. The Balaban J connectivity index is 2.20. The number of rotatable bonds is 3. The molecule has 5 nitrogen and oxygen atoms in total. The maximum absolute atomic E-state index is 9.30. The quantitative estimate of drug-likeness (QED) is 0.785. The molecule has 1 aromatic rings. The average molecular weight is 238 g/mol. The Labute approximate surface area is 101 Å². The van der Waals surface area contributed by atoms with Crippen molar-refractivity contribution in [2.45, 2.75) is 25.7 Å². The summed E-state index contributed by atoms with van der Waals surface area (Å²) in [5, 5.41) is 18.5. The van der Waals surface area contributed by atoms with E-state index in [0.29, 0.717) is 6.54 Å². The van der Waals surface area contributed by atoms with E-state index in [1.165, 1.54) is 0 Å². The summed E-state index contributed by atoms with van der Waals surface area (Å²) in [7, 11) is 0. The topological polar surface area (TPSA) is 65.8 Å². The number of hydrogen-bond acceptors (Lipinski definition) is 5. The van der Waals surface area contributed by atoms with Crippen LogP contribution >= 0.6 is 0 Å². The van der Waals surface area contributed by atoms with E-state index in [4.69, 9.17) is 4.74 Å². The summed E-state index contributed by atoms with van der Waals surface area (Å²) in [5.41, 5.74) is 1.77. The third-order valence-electron chi connectivity index (χ3n) is 2.93. The Hall–Kier alpha value is -1.17. The number of hydrogen-bond donors (Lipinski definition) is 2. The van der Waals surface area contributed by atoms with Crippen molar-refractivity contribution in [3.8, 4) is 0 Å². The molecule has 94 valence electrons. The summed E-state index contributed by atoms with van der Waals surface area (Å²) in [6.45, 7) is 3.35. The van der Waals surface area contributed by atoms with Crippen molar-refractivity contribution in [2.24, 2.45) is 0 Å². The van der Waals surface area contributed by atoms with E-state index in [1.807, 2.05) is 13.0 Å². The Bertz CT molecular complexity index is 373. The molecule has 1 fully saturated rings. The second-order valence-corrected chi connectivity index (χ2v) is 4.32. The van der Waals surface area contributed by atoms with Crippen LogP contribution < -0.4 is 4.90 Å². The van der Waals surface area contributed by atoms with Gasteiger partial charge in [-0.3, -0.25) is 4.98 Å². The first-order valence-electron chi connectivity index (χ1n) is 5.79. The molecule has 1 saturated heterocycles. The number of nitrogens with zero attached hydrogens (tertiary/aromatic N) is 2. The molecule has 17 heavy (non-hydrogen) atoms. The van der Waals surface area contributed by atoms with Gasteiger partial charge in [0.25, 0.3) is 0 Å². The number of aliphatic hydroxyl groups excluding tert-OH is 2. The fraction of sp³-hybridized carbons (Fsp3) is 0.583. The third kappa shape index (κ3) is 2.74. The third-order valence-corrected chi connectivity index (χ3v) is 2.93. The second-order valence-electron chi connectivity index (χ2n) is 4.32. The molecule has 1 aliphatic rings. The first-order valence-corrected chi connectivity index (χ1v) is 5.79. The van der Waals surface area contributed by atoms with Crippen LogP contribution in [0.25, 0.3) is 0 Å². The van der Waals surface area contributed by atoms with Gasteiger partial charge in [0.05, 0.1) is 37.3 Å². The predicted octanol–water partition coefficient (Wildman–Crippen LogP) is 0.160. The molecule has 0 aromatic carbocycles. The lowest BCUT2D eigenvalue weighted by Crippen LogP contribution is -2.48. The summed E-state index contributed by atoms with van der Waals surface area (Å²) in [6.07, 6.45) is 3.30. The number of aromatic nitrogens is 1. The smallest absolute Gasteiger partial charge is 0.0984 e. The summed E-state index contributed by atoms with van der Waals surface area (Å²) in [6, 6.07) is 1.81. The Kier molecular flexibility index (Phi) is 3.93. The number of anilines is 1. The lowest BCUT2D eigenvalue weighted by molar-refractivity contribution is -0.0421. The summed E-state index contributed by atoms with van der Waals surface area (Å²) >= 11 is 0. The van der Waals surface area contributed by atoms with Gasteiger partial charge in [-0.2, -0.15) is 0 Å². The second kappa shape index (κ2) is 5.44. The van der Waals surface area contributed by atoms with Crippen LogP contribution in [-0.4, -0.2) is 47.1 Å². The van der Waals surface area contributed by atoms with Gasteiger partial charge in [-0.05, 0) is 13.0 Å². The minimum Gasteiger partial charge on any atom is -0.394 e.